The fourth-order valence-corrected chi connectivity index (χ4v) is 4.36. The number of hydrogen-bond acceptors (Lipinski definition) is 6. The molecule has 2 amide bonds. The number of nitrogens with zero attached hydrogens (tertiary/aromatic N) is 1. The number of carbonyl (C=O) groups excluding carboxylic acids is 2. The number of aromatic hydroxyl groups is 3. The Balaban J connectivity index is 2.10. The summed E-state index contributed by atoms with van der Waals surface area (Å²) in [6.45, 7) is 7.19. The number of phenolic OH excluding ortho intramolecular Hbond substituents is 3. The third-order valence-corrected chi connectivity index (χ3v) is 5.89. The Morgan fingerprint density at radius 1 is 1.12 bits per heavy atom. The van der Waals surface area contributed by atoms with E-state index in [0.717, 1.165) is 12.8 Å². The fourth-order valence-electron chi connectivity index (χ4n) is 4.36. The highest BCUT2D eigenvalue weighted by Crippen LogP contribution is 2.52. The number of hydrogen-bond donors (Lipinski definition) is 4. The van der Waals surface area contributed by atoms with Crippen LogP contribution in [0.25, 0.3) is 11.1 Å². The van der Waals surface area contributed by atoms with Crippen molar-refractivity contribution < 1.29 is 29.6 Å². The standard InChI is InChI=1S/C24H28N2O6/c1-11-17-14(10-16(32-5)20(11)28)19(22(30)25-24(2,3)4)26(12-6-7-12)23(31)13-8-9-15(27)21(29)18(13)17/h8-10,12,19,27-29H,6-7H2,1-5H3,(H,25,30). The number of nitrogens with one attached hydrogen (secondary N) is 1. The van der Waals surface area contributed by atoms with E-state index < -0.39 is 29.0 Å². The second-order valence-corrected chi connectivity index (χ2v) is 9.46. The van der Waals surface area contributed by atoms with E-state index in [1.807, 2.05) is 20.8 Å². The number of phenols is 3. The van der Waals surface area contributed by atoms with Crippen LogP contribution in [0.5, 0.6) is 23.0 Å². The van der Waals surface area contributed by atoms with Gasteiger partial charge >= 0.3 is 0 Å². The first-order valence-corrected chi connectivity index (χ1v) is 10.6. The minimum Gasteiger partial charge on any atom is -0.504 e. The lowest BCUT2D eigenvalue weighted by Gasteiger charge is -2.33. The van der Waals surface area contributed by atoms with Gasteiger partial charge in [0.1, 0.15) is 6.04 Å². The monoisotopic (exact) mass is 440 g/mol. The Kier molecular flexibility index (Phi) is 4.99. The van der Waals surface area contributed by atoms with E-state index in [-0.39, 0.29) is 34.6 Å². The molecule has 2 aromatic carbocycles. The van der Waals surface area contributed by atoms with Gasteiger partial charge < -0.3 is 30.3 Å². The first-order chi connectivity index (χ1) is 15.0. The first-order valence-electron chi connectivity index (χ1n) is 10.6. The SMILES string of the molecule is COc1cc2c(c(C)c1O)-c1c(ccc(O)c1O)C(=O)N(C1CC1)C2C(=O)NC(C)(C)C. The van der Waals surface area contributed by atoms with Gasteiger partial charge in [0.25, 0.3) is 5.91 Å². The van der Waals surface area contributed by atoms with Gasteiger partial charge in [-0.05, 0) is 69.9 Å². The highest BCUT2D eigenvalue weighted by atomic mass is 16.5. The van der Waals surface area contributed by atoms with Crippen LogP contribution in [0.1, 0.15) is 61.1 Å². The van der Waals surface area contributed by atoms with E-state index >= 15 is 0 Å². The van der Waals surface area contributed by atoms with Crippen LogP contribution in [0.4, 0.5) is 0 Å². The Bertz CT molecular complexity index is 1130. The number of methoxy groups -OCH3 is 1. The molecule has 4 rings (SSSR count). The molecule has 170 valence electrons. The predicted octanol–water partition coefficient (Wildman–Crippen LogP) is 3.36. The Labute approximate surface area is 186 Å². The third-order valence-electron chi connectivity index (χ3n) is 5.89. The third kappa shape index (κ3) is 3.39. The molecule has 0 saturated heterocycles. The van der Waals surface area contributed by atoms with Crippen molar-refractivity contribution in [3.05, 3.63) is 34.9 Å². The van der Waals surface area contributed by atoms with E-state index in [1.54, 1.807) is 11.8 Å². The van der Waals surface area contributed by atoms with Gasteiger partial charge in [-0.2, -0.15) is 0 Å². The fraction of sp³-hybridized carbons (Fsp3) is 0.417. The van der Waals surface area contributed by atoms with E-state index in [2.05, 4.69) is 5.32 Å². The summed E-state index contributed by atoms with van der Waals surface area (Å²) in [7, 11) is 1.41. The van der Waals surface area contributed by atoms with Crippen LogP contribution in [-0.2, 0) is 4.79 Å². The molecule has 32 heavy (non-hydrogen) atoms. The van der Waals surface area contributed by atoms with Gasteiger partial charge in [-0.3, -0.25) is 9.59 Å². The van der Waals surface area contributed by atoms with Crippen LogP contribution in [0.2, 0.25) is 0 Å². The van der Waals surface area contributed by atoms with Crippen molar-refractivity contribution in [1.82, 2.24) is 10.2 Å². The summed E-state index contributed by atoms with van der Waals surface area (Å²) >= 11 is 0. The molecule has 1 heterocycles. The molecular weight excluding hydrogens is 412 g/mol. The van der Waals surface area contributed by atoms with Crippen LogP contribution in [0.15, 0.2) is 18.2 Å². The highest BCUT2D eigenvalue weighted by molar-refractivity contribution is 6.08. The Hall–Kier alpha value is -3.42. The lowest BCUT2D eigenvalue weighted by Crippen LogP contribution is -2.49. The summed E-state index contributed by atoms with van der Waals surface area (Å²) in [6, 6.07) is 3.09. The van der Waals surface area contributed by atoms with Gasteiger partial charge in [-0.15, -0.1) is 0 Å². The van der Waals surface area contributed by atoms with Crippen LogP contribution in [0.3, 0.4) is 0 Å². The lowest BCUT2D eigenvalue weighted by atomic mass is 9.88. The molecule has 0 aromatic heterocycles. The quantitative estimate of drug-likeness (QED) is 0.544. The number of amides is 2. The van der Waals surface area contributed by atoms with E-state index in [9.17, 15) is 24.9 Å². The average Bonchev–Trinajstić information content (AvgIpc) is 3.54. The molecule has 2 aromatic rings. The van der Waals surface area contributed by atoms with E-state index in [4.69, 9.17) is 4.74 Å². The summed E-state index contributed by atoms with van der Waals surface area (Å²) in [5.41, 5.74) is 0.784. The summed E-state index contributed by atoms with van der Waals surface area (Å²) in [4.78, 5) is 28.9. The lowest BCUT2D eigenvalue weighted by molar-refractivity contribution is -0.127. The normalized spacial score (nSPS) is 18.0. The zero-order valence-electron chi connectivity index (χ0n) is 18.8. The van der Waals surface area contributed by atoms with Crippen LogP contribution < -0.4 is 10.1 Å². The minimum absolute atomic E-state index is 0.0946. The predicted molar refractivity (Wildman–Crippen MR) is 118 cm³/mol. The molecule has 0 bridgehead atoms. The summed E-state index contributed by atoms with van der Waals surface area (Å²) < 4.78 is 5.34. The highest BCUT2D eigenvalue weighted by Gasteiger charge is 2.47. The van der Waals surface area contributed by atoms with Crippen molar-refractivity contribution >= 4 is 11.8 Å². The molecule has 2 aliphatic rings. The van der Waals surface area contributed by atoms with Gasteiger partial charge in [-0.1, -0.05) is 0 Å². The molecule has 8 heteroatoms. The first kappa shape index (κ1) is 21.8. The van der Waals surface area contributed by atoms with Gasteiger partial charge in [0.05, 0.1) is 12.7 Å². The molecule has 0 spiro atoms. The summed E-state index contributed by atoms with van der Waals surface area (Å²) in [5, 5.41) is 34.7. The maximum absolute atomic E-state index is 13.7. The van der Waals surface area contributed by atoms with Crippen molar-refractivity contribution in [2.75, 3.05) is 7.11 Å². The number of fused-ring (bicyclic) bond motifs is 3. The zero-order valence-corrected chi connectivity index (χ0v) is 18.8. The molecule has 1 aliphatic carbocycles. The summed E-state index contributed by atoms with van der Waals surface area (Å²) in [5.74, 6) is -1.67. The molecule has 0 radical (unpaired) electrons. The number of rotatable bonds is 3. The van der Waals surface area contributed by atoms with Gasteiger partial charge in [0.2, 0.25) is 5.91 Å². The largest absolute Gasteiger partial charge is 0.504 e. The van der Waals surface area contributed by atoms with Gasteiger partial charge in [0, 0.05) is 22.7 Å². The van der Waals surface area contributed by atoms with Gasteiger partial charge in [-0.25, -0.2) is 0 Å². The van der Waals surface area contributed by atoms with Crippen LogP contribution in [0, 0.1) is 6.92 Å². The summed E-state index contributed by atoms with van der Waals surface area (Å²) in [6.07, 6.45) is 1.52. The van der Waals surface area contributed by atoms with Crippen LogP contribution in [-0.4, -0.2) is 50.7 Å². The van der Waals surface area contributed by atoms with Crippen LogP contribution >= 0.6 is 0 Å². The van der Waals surface area contributed by atoms with Crippen molar-refractivity contribution in [1.29, 1.82) is 0 Å². The average molecular weight is 440 g/mol. The second kappa shape index (κ2) is 7.32. The Morgan fingerprint density at radius 3 is 2.34 bits per heavy atom. The van der Waals surface area contributed by atoms with Crippen molar-refractivity contribution in [3.8, 4) is 34.1 Å². The zero-order chi connectivity index (χ0) is 23.5. The molecule has 1 saturated carbocycles. The molecule has 8 nitrogen and oxygen atoms in total. The number of benzene rings is 2. The maximum atomic E-state index is 13.7. The second-order valence-electron chi connectivity index (χ2n) is 9.46. The molecule has 4 N–H and O–H groups in total. The molecule has 1 fully saturated rings. The number of carbonyl (C=O) groups is 2. The smallest absolute Gasteiger partial charge is 0.255 e. The van der Waals surface area contributed by atoms with Crippen molar-refractivity contribution in [2.24, 2.45) is 0 Å². The van der Waals surface area contributed by atoms with Gasteiger partial charge in [0.15, 0.2) is 23.0 Å². The molecule has 1 unspecified atom stereocenters. The van der Waals surface area contributed by atoms with E-state index in [1.165, 1.54) is 25.3 Å². The molecule has 1 atom stereocenters. The minimum atomic E-state index is -1.01. The molecule has 1 aliphatic heterocycles. The maximum Gasteiger partial charge on any atom is 0.255 e. The van der Waals surface area contributed by atoms with Crippen molar-refractivity contribution in [3.63, 3.8) is 0 Å². The van der Waals surface area contributed by atoms with E-state index in [0.29, 0.717) is 16.7 Å². The molecular formula is C24H28N2O6. The van der Waals surface area contributed by atoms with Crippen molar-refractivity contribution in [2.45, 2.75) is 58.2 Å². The number of ether oxygens (including phenoxy) is 1. The Morgan fingerprint density at radius 2 is 1.78 bits per heavy atom. The topological polar surface area (TPSA) is 119 Å².